The fraction of sp³-hybridized carbons (Fsp3) is 0.706. The molecule has 3 atom stereocenters. The minimum Gasteiger partial charge on any atom is -0.490 e. The van der Waals surface area contributed by atoms with Gasteiger partial charge in [-0.05, 0) is 43.6 Å². The lowest BCUT2D eigenvalue weighted by molar-refractivity contribution is 0.0460. The lowest BCUT2D eigenvalue weighted by atomic mass is 9.75. The smallest absolute Gasteiger partial charge is 0.129 e. The van der Waals surface area contributed by atoms with E-state index < -0.39 is 0 Å². The molecule has 3 heteroatoms. The van der Waals surface area contributed by atoms with Gasteiger partial charge in [-0.3, -0.25) is 0 Å². The molecule has 2 rings (SSSR count). The normalized spacial score (nSPS) is 26.6. The Morgan fingerprint density at radius 2 is 2.20 bits per heavy atom. The zero-order chi connectivity index (χ0) is 14.5. The highest BCUT2D eigenvalue weighted by Gasteiger charge is 2.32. The molecule has 0 amide bonds. The monoisotopic (exact) mass is 276 g/mol. The van der Waals surface area contributed by atoms with Gasteiger partial charge in [0.05, 0.1) is 0 Å². The fourth-order valence-corrected chi connectivity index (χ4v) is 3.19. The maximum atomic E-state index is 6.31. The molecule has 112 valence electrons. The topological polar surface area (TPSA) is 34.1 Å². The number of anilines is 1. The van der Waals surface area contributed by atoms with Crippen LogP contribution in [0, 0.1) is 17.8 Å². The van der Waals surface area contributed by atoms with Crippen LogP contribution in [0.5, 0.6) is 5.75 Å². The molecule has 1 aliphatic carbocycles. The third-order valence-corrected chi connectivity index (χ3v) is 4.34. The van der Waals surface area contributed by atoms with Crippen LogP contribution in [0.4, 0.5) is 5.82 Å². The zero-order valence-electron chi connectivity index (χ0n) is 13.2. The number of pyridine rings is 1. The van der Waals surface area contributed by atoms with Crippen LogP contribution in [-0.2, 0) is 0 Å². The summed E-state index contributed by atoms with van der Waals surface area (Å²) in [6.07, 6.45) is 5.96. The molecule has 1 N–H and O–H groups in total. The molecule has 0 spiro atoms. The molecule has 1 aliphatic rings. The number of hydrogen-bond acceptors (Lipinski definition) is 3. The first kappa shape index (κ1) is 15.1. The predicted octanol–water partition coefficient (Wildman–Crippen LogP) is 4.35. The van der Waals surface area contributed by atoms with Crippen molar-refractivity contribution in [3.05, 3.63) is 18.3 Å². The van der Waals surface area contributed by atoms with Crippen LogP contribution >= 0.6 is 0 Å². The van der Waals surface area contributed by atoms with Crippen LogP contribution < -0.4 is 10.1 Å². The average Bonchev–Trinajstić information content (AvgIpc) is 2.39. The Hall–Kier alpha value is -1.25. The summed E-state index contributed by atoms with van der Waals surface area (Å²) in [6, 6.07) is 3.98. The maximum Gasteiger partial charge on any atom is 0.129 e. The van der Waals surface area contributed by atoms with E-state index in [4.69, 9.17) is 4.74 Å². The number of nitrogens with zero attached hydrogens (tertiary/aromatic N) is 1. The molecule has 0 radical (unpaired) electrons. The van der Waals surface area contributed by atoms with Crippen molar-refractivity contribution in [3.63, 3.8) is 0 Å². The standard InChI is InChI=1S/C17H28N2O/c1-5-18-17-11-14(8-9-19-17)20-16-10-13(4)6-7-15(16)12(2)3/h8-9,11-13,15-16H,5-7,10H2,1-4H3,(H,18,19). The van der Waals surface area contributed by atoms with Crippen LogP contribution in [0.15, 0.2) is 18.3 Å². The Bertz CT molecular complexity index is 419. The maximum absolute atomic E-state index is 6.31. The Balaban J connectivity index is 2.07. The average molecular weight is 276 g/mol. The fourth-order valence-electron chi connectivity index (χ4n) is 3.19. The van der Waals surface area contributed by atoms with Crippen LogP contribution in [0.25, 0.3) is 0 Å². The van der Waals surface area contributed by atoms with E-state index >= 15 is 0 Å². The Morgan fingerprint density at radius 1 is 1.40 bits per heavy atom. The van der Waals surface area contributed by atoms with Gasteiger partial charge in [0, 0.05) is 18.8 Å². The zero-order valence-corrected chi connectivity index (χ0v) is 13.2. The van der Waals surface area contributed by atoms with Crippen LogP contribution in [-0.4, -0.2) is 17.6 Å². The van der Waals surface area contributed by atoms with E-state index in [2.05, 4.69) is 38.0 Å². The summed E-state index contributed by atoms with van der Waals surface area (Å²) in [4.78, 5) is 4.30. The number of nitrogens with one attached hydrogen (secondary N) is 1. The van der Waals surface area contributed by atoms with E-state index in [1.54, 1.807) is 0 Å². The summed E-state index contributed by atoms with van der Waals surface area (Å²) in [7, 11) is 0. The second-order valence-electron chi connectivity index (χ2n) is 6.39. The molecule has 1 saturated carbocycles. The van der Waals surface area contributed by atoms with Gasteiger partial charge in [-0.1, -0.05) is 27.2 Å². The van der Waals surface area contributed by atoms with Crippen molar-refractivity contribution in [3.8, 4) is 5.75 Å². The molecule has 0 saturated heterocycles. The van der Waals surface area contributed by atoms with Crippen LogP contribution in [0.1, 0.15) is 47.0 Å². The minimum atomic E-state index is 0.343. The first-order valence-electron chi connectivity index (χ1n) is 7.96. The summed E-state index contributed by atoms with van der Waals surface area (Å²) >= 11 is 0. The molecule has 3 unspecified atom stereocenters. The Kier molecular flexibility index (Phi) is 5.27. The number of hydrogen-bond donors (Lipinski definition) is 1. The highest BCUT2D eigenvalue weighted by atomic mass is 16.5. The van der Waals surface area contributed by atoms with E-state index in [0.717, 1.165) is 24.0 Å². The van der Waals surface area contributed by atoms with Gasteiger partial charge < -0.3 is 10.1 Å². The molecular weight excluding hydrogens is 248 g/mol. The van der Waals surface area contributed by atoms with E-state index in [-0.39, 0.29) is 0 Å². The van der Waals surface area contributed by atoms with Gasteiger partial charge >= 0.3 is 0 Å². The van der Waals surface area contributed by atoms with Crippen molar-refractivity contribution in [1.29, 1.82) is 0 Å². The van der Waals surface area contributed by atoms with Gasteiger partial charge in [0.15, 0.2) is 0 Å². The number of aromatic nitrogens is 1. The highest BCUT2D eigenvalue weighted by molar-refractivity contribution is 5.40. The van der Waals surface area contributed by atoms with Crippen molar-refractivity contribution < 1.29 is 4.74 Å². The first-order valence-corrected chi connectivity index (χ1v) is 7.96. The molecular formula is C17H28N2O. The summed E-state index contributed by atoms with van der Waals surface area (Å²) in [6.45, 7) is 9.92. The molecule has 0 bridgehead atoms. The molecule has 0 aromatic carbocycles. The summed E-state index contributed by atoms with van der Waals surface area (Å²) in [5.74, 6) is 3.96. The molecule has 0 aliphatic heterocycles. The second-order valence-corrected chi connectivity index (χ2v) is 6.39. The van der Waals surface area contributed by atoms with Gasteiger partial charge in [0.1, 0.15) is 17.7 Å². The lowest BCUT2D eigenvalue weighted by Gasteiger charge is -2.37. The van der Waals surface area contributed by atoms with Crippen molar-refractivity contribution in [2.75, 3.05) is 11.9 Å². The third kappa shape index (κ3) is 3.87. The summed E-state index contributed by atoms with van der Waals surface area (Å²) < 4.78 is 6.31. The van der Waals surface area contributed by atoms with Gasteiger partial charge in [-0.25, -0.2) is 4.98 Å². The lowest BCUT2D eigenvalue weighted by Crippen LogP contribution is -2.36. The van der Waals surface area contributed by atoms with Crippen molar-refractivity contribution in [2.24, 2.45) is 17.8 Å². The summed E-state index contributed by atoms with van der Waals surface area (Å²) in [5, 5.41) is 3.24. The quantitative estimate of drug-likeness (QED) is 0.868. The first-order chi connectivity index (χ1) is 9.60. The molecule has 1 aromatic rings. The van der Waals surface area contributed by atoms with Gasteiger partial charge in [-0.15, -0.1) is 0 Å². The summed E-state index contributed by atoms with van der Waals surface area (Å²) in [5.41, 5.74) is 0. The van der Waals surface area contributed by atoms with Crippen molar-refractivity contribution in [1.82, 2.24) is 4.98 Å². The third-order valence-electron chi connectivity index (χ3n) is 4.34. The molecule has 3 nitrogen and oxygen atoms in total. The van der Waals surface area contributed by atoms with Gasteiger partial charge in [0.2, 0.25) is 0 Å². The predicted molar refractivity (Wildman–Crippen MR) is 84.2 cm³/mol. The van der Waals surface area contributed by atoms with E-state index in [9.17, 15) is 0 Å². The largest absolute Gasteiger partial charge is 0.490 e. The van der Waals surface area contributed by atoms with E-state index in [1.165, 1.54) is 19.3 Å². The van der Waals surface area contributed by atoms with Gasteiger partial charge in [-0.2, -0.15) is 0 Å². The molecule has 20 heavy (non-hydrogen) atoms. The van der Waals surface area contributed by atoms with Crippen molar-refractivity contribution in [2.45, 2.75) is 53.1 Å². The minimum absolute atomic E-state index is 0.343. The van der Waals surface area contributed by atoms with E-state index in [1.807, 2.05) is 18.3 Å². The van der Waals surface area contributed by atoms with Gasteiger partial charge in [0.25, 0.3) is 0 Å². The van der Waals surface area contributed by atoms with Crippen LogP contribution in [0.3, 0.4) is 0 Å². The second kappa shape index (κ2) is 6.96. The van der Waals surface area contributed by atoms with E-state index in [0.29, 0.717) is 17.9 Å². The molecule has 1 fully saturated rings. The van der Waals surface area contributed by atoms with Crippen molar-refractivity contribution >= 4 is 5.82 Å². The SMILES string of the molecule is CCNc1cc(OC2CC(C)CCC2C(C)C)ccn1. The molecule has 1 heterocycles. The number of rotatable bonds is 5. The Labute approximate surface area is 123 Å². The number of ether oxygens (including phenoxy) is 1. The van der Waals surface area contributed by atoms with Crippen LogP contribution in [0.2, 0.25) is 0 Å². The Morgan fingerprint density at radius 3 is 2.90 bits per heavy atom. The molecule has 1 aromatic heterocycles. The highest BCUT2D eigenvalue weighted by Crippen LogP contribution is 2.36.